The van der Waals surface area contributed by atoms with Gasteiger partial charge in [0, 0.05) is 0 Å². The molecule has 0 unspecified atom stereocenters. The van der Waals surface area contributed by atoms with E-state index in [1.807, 2.05) is 0 Å². The molecular formula is C12H10Ge. The molecule has 0 spiro atoms. The summed E-state index contributed by atoms with van der Waals surface area (Å²) >= 11 is 0.186. The van der Waals surface area contributed by atoms with Crippen molar-refractivity contribution < 1.29 is 0 Å². The molecule has 0 amide bonds. The van der Waals surface area contributed by atoms with E-state index in [2.05, 4.69) is 36.4 Å². The van der Waals surface area contributed by atoms with Crippen LogP contribution in [0.2, 0.25) is 5.25 Å². The van der Waals surface area contributed by atoms with Crippen LogP contribution in [-0.2, 0) is 6.42 Å². The van der Waals surface area contributed by atoms with Crippen LogP contribution in [0.15, 0.2) is 40.8 Å². The molecule has 1 aromatic carbocycles. The first kappa shape index (κ1) is 7.63. The van der Waals surface area contributed by atoms with Crippen LogP contribution in [0.4, 0.5) is 0 Å². The van der Waals surface area contributed by atoms with E-state index in [1.54, 1.807) is 15.5 Å². The Hall–Kier alpha value is -0.757. The topological polar surface area (TPSA) is 0 Å². The zero-order chi connectivity index (χ0) is 8.67. The van der Waals surface area contributed by atoms with Gasteiger partial charge < -0.3 is 0 Å². The van der Waals surface area contributed by atoms with Gasteiger partial charge in [0.15, 0.2) is 0 Å². The van der Waals surface area contributed by atoms with Crippen LogP contribution < -0.4 is 0 Å². The van der Waals surface area contributed by atoms with Crippen LogP contribution in [0.1, 0.15) is 11.1 Å². The first-order valence-corrected chi connectivity index (χ1v) is 7.20. The van der Waals surface area contributed by atoms with E-state index in [9.17, 15) is 0 Å². The molecule has 0 fully saturated rings. The van der Waals surface area contributed by atoms with Crippen LogP contribution in [0.25, 0.3) is 5.57 Å². The maximum absolute atomic E-state index is 2.35. The molecule has 0 N–H and O–H groups in total. The minimum atomic E-state index is 0.186. The summed E-state index contributed by atoms with van der Waals surface area (Å²) in [6.45, 7) is 0. The van der Waals surface area contributed by atoms with Crippen molar-refractivity contribution in [1.82, 2.24) is 0 Å². The van der Waals surface area contributed by atoms with Crippen molar-refractivity contribution in [2.45, 2.75) is 11.7 Å². The normalized spacial score (nSPS) is 18.8. The van der Waals surface area contributed by atoms with Crippen LogP contribution in [0.5, 0.6) is 0 Å². The van der Waals surface area contributed by atoms with Gasteiger partial charge in [-0.05, 0) is 0 Å². The molecule has 0 saturated carbocycles. The van der Waals surface area contributed by atoms with Crippen molar-refractivity contribution in [3.05, 3.63) is 52.0 Å². The molecule has 62 valence electrons. The molecule has 0 bridgehead atoms. The fourth-order valence-corrected chi connectivity index (χ4v) is 4.62. The quantitative estimate of drug-likeness (QED) is 0.597. The summed E-state index contributed by atoms with van der Waals surface area (Å²) in [6.07, 6.45) is 5.92. The van der Waals surface area contributed by atoms with Crippen LogP contribution in [0, 0.1) is 0 Å². The van der Waals surface area contributed by atoms with Gasteiger partial charge in [0.05, 0.1) is 0 Å². The molecule has 1 heterocycles. The van der Waals surface area contributed by atoms with Crippen molar-refractivity contribution in [2.75, 3.05) is 0 Å². The summed E-state index contributed by atoms with van der Waals surface area (Å²) in [6, 6.07) is 8.84. The van der Waals surface area contributed by atoms with Gasteiger partial charge in [0.2, 0.25) is 0 Å². The van der Waals surface area contributed by atoms with Crippen LogP contribution in [0.3, 0.4) is 0 Å². The molecule has 1 aliphatic carbocycles. The number of benzene rings is 1. The Morgan fingerprint density at radius 1 is 1.15 bits per heavy atom. The first-order chi connectivity index (χ1) is 6.45. The Bertz CT molecular complexity index is 413. The Morgan fingerprint density at radius 3 is 3.08 bits per heavy atom. The van der Waals surface area contributed by atoms with Crippen molar-refractivity contribution in [3.63, 3.8) is 0 Å². The summed E-state index contributed by atoms with van der Waals surface area (Å²) in [5, 5.41) is 1.35. The first-order valence-electron chi connectivity index (χ1n) is 4.67. The van der Waals surface area contributed by atoms with E-state index in [-0.39, 0.29) is 15.4 Å². The standard InChI is InChI=1S/C12H10Ge/c1-2-5-10-9(4-1)8-12-11(10)6-3-7-13-12/h1-6H,7-8H2. The number of hydrogen-bond donors (Lipinski definition) is 0. The van der Waals surface area contributed by atoms with E-state index in [1.165, 1.54) is 17.2 Å². The Morgan fingerprint density at radius 2 is 2.08 bits per heavy atom. The molecule has 1 aliphatic heterocycles. The second kappa shape index (κ2) is 2.88. The average Bonchev–Trinajstić information content (AvgIpc) is 2.56. The Kier molecular flexibility index (Phi) is 1.69. The monoisotopic (exact) mass is 228 g/mol. The van der Waals surface area contributed by atoms with Gasteiger partial charge >= 0.3 is 84.6 Å². The van der Waals surface area contributed by atoms with Gasteiger partial charge in [-0.25, -0.2) is 0 Å². The van der Waals surface area contributed by atoms with E-state index >= 15 is 0 Å². The Labute approximate surface area is 84.8 Å². The molecule has 13 heavy (non-hydrogen) atoms. The van der Waals surface area contributed by atoms with E-state index in [0.29, 0.717) is 0 Å². The third-order valence-electron chi connectivity index (χ3n) is 2.72. The SMILES string of the molecule is C1=CC2=[C](Cc3ccccc32)[Ge][CH2]1. The van der Waals surface area contributed by atoms with Crippen LogP contribution in [-0.4, -0.2) is 15.4 Å². The number of rotatable bonds is 0. The van der Waals surface area contributed by atoms with Crippen molar-refractivity contribution >= 4 is 21.0 Å². The van der Waals surface area contributed by atoms with Crippen LogP contribution >= 0.6 is 0 Å². The Balaban J connectivity index is 2.18. The number of allylic oxidation sites excluding steroid dienone is 4. The minimum absolute atomic E-state index is 0.186. The van der Waals surface area contributed by atoms with Gasteiger partial charge in [-0.1, -0.05) is 0 Å². The zero-order valence-electron chi connectivity index (χ0n) is 7.38. The predicted molar refractivity (Wildman–Crippen MR) is 56.8 cm³/mol. The van der Waals surface area contributed by atoms with Crippen molar-refractivity contribution in [2.24, 2.45) is 0 Å². The van der Waals surface area contributed by atoms with Gasteiger partial charge in [-0.15, -0.1) is 0 Å². The van der Waals surface area contributed by atoms with E-state index in [0.717, 1.165) is 0 Å². The van der Waals surface area contributed by atoms with Gasteiger partial charge in [0.25, 0.3) is 0 Å². The fraction of sp³-hybridized carbons (Fsp3) is 0.167. The molecular weight excluding hydrogens is 217 g/mol. The molecule has 0 saturated heterocycles. The number of hydrogen-bond acceptors (Lipinski definition) is 0. The second-order valence-corrected chi connectivity index (χ2v) is 6.37. The third kappa shape index (κ3) is 1.12. The summed E-state index contributed by atoms with van der Waals surface area (Å²) in [4.78, 5) is 0. The third-order valence-corrected chi connectivity index (χ3v) is 5.47. The van der Waals surface area contributed by atoms with E-state index in [4.69, 9.17) is 0 Å². The fourth-order valence-electron chi connectivity index (χ4n) is 2.09. The molecule has 1 aromatic rings. The number of fused-ring (bicyclic) bond motifs is 2. The molecule has 1 heteroatoms. The predicted octanol–water partition coefficient (Wildman–Crippen LogP) is 2.65. The molecule has 2 radical (unpaired) electrons. The van der Waals surface area contributed by atoms with Gasteiger partial charge in [0.1, 0.15) is 0 Å². The van der Waals surface area contributed by atoms with E-state index < -0.39 is 0 Å². The molecule has 0 atom stereocenters. The van der Waals surface area contributed by atoms with Crippen molar-refractivity contribution in [3.8, 4) is 0 Å². The second-order valence-electron chi connectivity index (χ2n) is 3.51. The summed E-state index contributed by atoms with van der Waals surface area (Å²) in [5.41, 5.74) is 4.60. The molecule has 2 aliphatic rings. The van der Waals surface area contributed by atoms with Gasteiger partial charge in [-0.3, -0.25) is 0 Å². The summed E-state index contributed by atoms with van der Waals surface area (Å²) in [5.74, 6) is 0. The maximum atomic E-state index is 2.35. The summed E-state index contributed by atoms with van der Waals surface area (Å²) < 4.78 is 1.77. The zero-order valence-corrected chi connectivity index (χ0v) is 9.48. The van der Waals surface area contributed by atoms with Gasteiger partial charge in [-0.2, -0.15) is 0 Å². The molecule has 0 nitrogen and oxygen atoms in total. The average molecular weight is 227 g/mol. The van der Waals surface area contributed by atoms with Crippen molar-refractivity contribution in [1.29, 1.82) is 0 Å². The molecule has 0 aromatic heterocycles. The molecule has 3 rings (SSSR count). The summed E-state index contributed by atoms with van der Waals surface area (Å²) in [7, 11) is 0.